The van der Waals surface area contributed by atoms with Crippen LogP contribution >= 0.6 is 0 Å². The Morgan fingerprint density at radius 3 is 2.52 bits per heavy atom. The number of hydrogen-bond donors (Lipinski definition) is 2. The summed E-state index contributed by atoms with van der Waals surface area (Å²) in [4.78, 5) is 0. The molecule has 0 amide bonds. The van der Waals surface area contributed by atoms with Gasteiger partial charge in [-0.1, -0.05) is 27.7 Å². The van der Waals surface area contributed by atoms with E-state index >= 15 is 0 Å². The number of nitrogens with one attached hydrogen (secondary N) is 1. The van der Waals surface area contributed by atoms with Gasteiger partial charge in [0.05, 0.1) is 12.3 Å². The van der Waals surface area contributed by atoms with Crippen LogP contribution in [0, 0.1) is 5.92 Å². The highest BCUT2D eigenvalue weighted by Gasteiger charge is 2.33. The maximum atomic E-state index is 9.86. The second kappa shape index (κ2) is 6.09. The van der Waals surface area contributed by atoms with Crippen LogP contribution in [0.2, 0.25) is 0 Å². The Morgan fingerprint density at radius 1 is 1.38 bits per heavy atom. The highest BCUT2D eigenvalue weighted by molar-refractivity contribution is 5.24. The zero-order valence-corrected chi connectivity index (χ0v) is 14.2. The van der Waals surface area contributed by atoms with Crippen molar-refractivity contribution in [3.63, 3.8) is 0 Å². The number of hydrogen-bond acceptors (Lipinski definition) is 3. The summed E-state index contributed by atoms with van der Waals surface area (Å²) < 4.78 is 1.90. The van der Waals surface area contributed by atoms with Gasteiger partial charge in [-0.2, -0.15) is 5.10 Å². The Morgan fingerprint density at radius 2 is 2.00 bits per heavy atom. The molecule has 1 aromatic heterocycles. The summed E-state index contributed by atoms with van der Waals surface area (Å²) in [5.74, 6) is 0.787. The van der Waals surface area contributed by atoms with Crippen LogP contribution in [0.5, 0.6) is 0 Å². The highest BCUT2D eigenvalue weighted by Crippen LogP contribution is 2.32. The van der Waals surface area contributed by atoms with E-state index in [1.165, 1.54) is 18.4 Å². The molecule has 0 spiro atoms. The number of aliphatic hydroxyl groups excluding tert-OH is 1. The van der Waals surface area contributed by atoms with E-state index < -0.39 is 0 Å². The summed E-state index contributed by atoms with van der Waals surface area (Å²) in [6, 6.07) is 0. The third kappa shape index (κ3) is 3.86. The molecule has 1 aliphatic rings. The minimum Gasteiger partial charge on any atom is -0.394 e. The standard InChI is InChI=1S/C17H31N3O/c1-13-6-8-17(12-21,9-7-13)18-10-14-11-20(5)19-15(14)16(2,3)4/h11,13,18,21H,6-10,12H2,1-5H3. The van der Waals surface area contributed by atoms with Gasteiger partial charge >= 0.3 is 0 Å². The van der Waals surface area contributed by atoms with Crippen LogP contribution in [0.4, 0.5) is 0 Å². The number of aryl methyl sites for hydroxylation is 1. The van der Waals surface area contributed by atoms with Crippen molar-refractivity contribution in [3.05, 3.63) is 17.5 Å². The fourth-order valence-electron chi connectivity index (χ4n) is 3.29. The van der Waals surface area contributed by atoms with Crippen LogP contribution in [0.1, 0.15) is 64.6 Å². The molecule has 0 aromatic carbocycles. The summed E-state index contributed by atoms with van der Waals surface area (Å²) >= 11 is 0. The third-order valence-electron chi connectivity index (χ3n) is 4.80. The lowest BCUT2D eigenvalue weighted by molar-refractivity contribution is 0.104. The van der Waals surface area contributed by atoms with Crippen molar-refractivity contribution in [3.8, 4) is 0 Å². The van der Waals surface area contributed by atoms with Gasteiger partial charge in [-0.05, 0) is 31.6 Å². The molecule has 2 rings (SSSR count). The molecule has 21 heavy (non-hydrogen) atoms. The molecule has 0 unspecified atom stereocenters. The predicted molar refractivity (Wildman–Crippen MR) is 86.2 cm³/mol. The van der Waals surface area contributed by atoms with E-state index in [1.807, 2.05) is 11.7 Å². The molecule has 0 atom stereocenters. The summed E-state index contributed by atoms with van der Waals surface area (Å²) in [5.41, 5.74) is 2.34. The van der Waals surface area contributed by atoms with Gasteiger partial charge in [0, 0.05) is 36.3 Å². The van der Waals surface area contributed by atoms with Crippen LogP contribution < -0.4 is 5.32 Å². The van der Waals surface area contributed by atoms with Gasteiger partial charge in [-0.25, -0.2) is 0 Å². The molecule has 120 valence electrons. The Labute approximate surface area is 128 Å². The Balaban J connectivity index is 2.08. The molecular formula is C17H31N3O. The van der Waals surface area contributed by atoms with E-state index in [0.717, 1.165) is 31.0 Å². The van der Waals surface area contributed by atoms with Crippen molar-refractivity contribution >= 4 is 0 Å². The number of aromatic nitrogens is 2. The number of rotatable bonds is 4. The zero-order valence-electron chi connectivity index (χ0n) is 14.2. The molecule has 2 N–H and O–H groups in total. The zero-order chi connectivity index (χ0) is 15.7. The van der Waals surface area contributed by atoms with Crippen LogP contribution in [0.15, 0.2) is 6.20 Å². The smallest absolute Gasteiger partial charge is 0.0722 e. The first-order valence-electron chi connectivity index (χ1n) is 8.15. The first kappa shape index (κ1) is 16.5. The molecule has 0 saturated heterocycles. The first-order valence-corrected chi connectivity index (χ1v) is 8.15. The van der Waals surface area contributed by atoms with Gasteiger partial charge in [0.15, 0.2) is 0 Å². The molecular weight excluding hydrogens is 262 g/mol. The van der Waals surface area contributed by atoms with Gasteiger partial charge in [-0.15, -0.1) is 0 Å². The van der Waals surface area contributed by atoms with E-state index in [0.29, 0.717) is 0 Å². The Kier molecular flexibility index (Phi) is 4.79. The fraction of sp³-hybridized carbons (Fsp3) is 0.824. The Hall–Kier alpha value is -0.870. The SMILES string of the molecule is CC1CCC(CO)(NCc2cn(C)nc2C(C)(C)C)CC1. The normalized spacial score (nSPS) is 27.0. The molecule has 1 saturated carbocycles. The summed E-state index contributed by atoms with van der Waals surface area (Å²) in [6.45, 7) is 9.91. The predicted octanol–water partition coefficient (Wildman–Crippen LogP) is 2.75. The molecule has 1 aliphatic carbocycles. The molecule has 1 heterocycles. The van der Waals surface area contributed by atoms with E-state index in [4.69, 9.17) is 0 Å². The Bertz CT molecular complexity index is 465. The molecule has 4 heteroatoms. The van der Waals surface area contributed by atoms with Crippen LogP contribution in [-0.2, 0) is 19.0 Å². The molecule has 0 aliphatic heterocycles. The van der Waals surface area contributed by atoms with Crippen LogP contribution in [0.3, 0.4) is 0 Å². The molecule has 1 fully saturated rings. The van der Waals surface area contributed by atoms with Crippen molar-refractivity contribution < 1.29 is 5.11 Å². The van der Waals surface area contributed by atoms with Crippen LogP contribution in [-0.4, -0.2) is 27.0 Å². The lowest BCUT2D eigenvalue weighted by Crippen LogP contribution is -2.50. The van der Waals surface area contributed by atoms with Gasteiger partial charge in [0.1, 0.15) is 0 Å². The molecule has 1 aromatic rings. The first-order chi connectivity index (χ1) is 9.76. The molecule has 4 nitrogen and oxygen atoms in total. The average Bonchev–Trinajstić information content (AvgIpc) is 2.80. The largest absolute Gasteiger partial charge is 0.394 e. The van der Waals surface area contributed by atoms with Gasteiger partial charge in [0.2, 0.25) is 0 Å². The molecule has 0 radical (unpaired) electrons. The fourth-order valence-corrected chi connectivity index (χ4v) is 3.29. The van der Waals surface area contributed by atoms with Crippen molar-refractivity contribution in [1.29, 1.82) is 0 Å². The summed E-state index contributed by atoms with van der Waals surface area (Å²) in [5, 5.41) is 18.1. The second-order valence-corrected chi connectivity index (χ2v) is 7.90. The summed E-state index contributed by atoms with van der Waals surface area (Å²) in [6.07, 6.45) is 6.63. The van der Waals surface area contributed by atoms with E-state index in [2.05, 4.69) is 44.3 Å². The third-order valence-corrected chi connectivity index (χ3v) is 4.80. The minimum atomic E-state index is -0.0997. The monoisotopic (exact) mass is 293 g/mol. The van der Waals surface area contributed by atoms with E-state index in [-0.39, 0.29) is 17.6 Å². The molecule has 0 bridgehead atoms. The minimum absolute atomic E-state index is 0.0474. The van der Waals surface area contributed by atoms with Crippen molar-refractivity contribution in [1.82, 2.24) is 15.1 Å². The number of nitrogens with zero attached hydrogens (tertiary/aromatic N) is 2. The lowest BCUT2D eigenvalue weighted by atomic mass is 9.77. The maximum Gasteiger partial charge on any atom is 0.0722 e. The van der Waals surface area contributed by atoms with Gasteiger partial charge in [-0.3, -0.25) is 4.68 Å². The maximum absolute atomic E-state index is 9.86. The van der Waals surface area contributed by atoms with Gasteiger partial charge in [0.25, 0.3) is 0 Å². The van der Waals surface area contributed by atoms with Gasteiger partial charge < -0.3 is 10.4 Å². The van der Waals surface area contributed by atoms with Crippen molar-refractivity contribution in [2.24, 2.45) is 13.0 Å². The topological polar surface area (TPSA) is 50.1 Å². The van der Waals surface area contributed by atoms with Crippen molar-refractivity contribution in [2.75, 3.05) is 6.61 Å². The van der Waals surface area contributed by atoms with E-state index in [1.54, 1.807) is 0 Å². The lowest BCUT2D eigenvalue weighted by Gasteiger charge is -2.39. The van der Waals surface area contributed by atoms with Crippen LogP contribution in [0.25, 0.3) is 0 Å². The quantitative estimate of drug-likeness (QED) is 0.897. The average molecular weight is 293 g/mol. The van der Waals surface area contributed by atoms with Crippen molar-refractivity contribution in [2.45, 2.75) is 70.9 Å². The van der Waals surface area contributed by atoms with E-state index in [9.17, 15) is 5.11 Å². The second-order valence-electron chi connectivity index (χ2n) is 7.90. The summed E-state index contributed by atoms with van der Waals surface area (Å²) in [7, 11) is 1.98. The highest BCUT2D eigenvalue weighted by atomic mass is 16.3. The number of aliphatic hydroxyl groups is 1.